The highest BCUT2D eigenvalue weighted by Gasteiger charge is 2.31. The van der Waals surface area contributed by atoms with Crippen molar-refractivity contribution in [3.8, 4) is 5.75 Å². The topological polar surface area (TPSA) is 58.6 Å². The van der Waals surface area contributed by atoms with Crippen molar-refractivity contribution in [1.82, 2.24) is 9.62 Å². The first-order valence-electron chi connectivity index (χ1n) is 6.61. The first kappa shape index (κ1) is 15.8. The highest BCUT2D eigenvalue weighted by atomic mass is 79.9. The van der Waals surface area contributed by atoms with Gasteiger partial charge in [-0.15, -0.1) is 0 Å². The molecule has 0 spiro atoms. The molecule has 1 fully saturated rings. The summed E-state index contributed by atoms with van der Waals surface area (Å²) in [4.78, 5) is 0.293. The summed E-state index contributed by atoms with van der Waals surface area (Å²) in [6.45, 7) is 6.19. The van der Waals surface area contributed by atoms with Crippen molar-refractivity contribution in [1.29, 1.82) is 0 Å². The average Bonchev–Trinajstić information content (AvgIpc) is 2.41. The second-order valence-electron chi connectivity index (χ2n) is 4.69. The van der Waals surface area contributed by atoms with Crippen molar-refractivity contribution in [2.75, 3.05) is 26.2 Å². The minimum absolute atomic E-state index is 0.0425. The van der Waals surface area contributed by atoms with E-state index in [0.717, 1.165) is 0 Å². The second kappa shape index (κ2) is 6.43. The van der Waals surface area contributed by atoms with Crippen molar-refractivity contribution in [3.05, 3.63) is 22.7 Å². The van der Waals surface area contributed by atoms with Crippen molar-refractivity contribution in [2.45, 2.75) is 24.8 Å². The number of piperazine rings is 1. The summed E-state index contributed by atoms with van der Waals surface area (Å²) >= 11 is 3.36. The Balaban J connectivity index is 2.31. The molecular weight excluding hydrogens is 344 g/mol. The zero-order chi connectivity index (χ0) is 14.8. The van der Waals surface area contributed by atoms with E-state index in [4.69, 9.17) is 4.74 Å². The first-order chi connectivity index (χ1) is 9.46. The van der Waals surface area contributed by atoms with Gasteiger partial charge in [0.1, 0.15) is 5.75 Å². The number of nitrogens with zero attached hydrogens (tertiary/aromatic N) is 1. The number of sulfonamides is 1. The van der Waals surface area contributed by atoms with E-state index in [0.29, 0.717) is 41.4 Å². The summed E-state index contributed by atoms with van der Waals surface area (Å²) in [6, 6.07) is 4.85. The molecule has 5 nitrogen and oxygen atoms in total. The third-order valence-corrected chi connectivity index (χ3v) is 5.88. The molecule has 1 aliphatic rings. The SMILES string of the molecule is CCOc1ccc(S(=O)(=O)N2CCNCC2C)cc1Br. The van der Waals surface area contributed by atoms with E-state index in [1.807, 2.05) is 13.8 Å². The predicted octanol–water partition coefficient (Wildman–Crippen LogP) is 1.83. The molecule has 1 N–H and O–H groups in total. The lowest BCUT2D eigenvalue weighted by Crippen LogP contribution is -2.52. The number of nitrogens with one attached hydrogen (secondary N) is 1. The molecule has 0 radical (unpaired) electrons. The molecule has 0 aromatic heterocycles. The highest BCUT2D eigenvalue weighted by Crippen LogP contribution is 2.29. The summed E-state index contributed by atoms with van der Waals surface area (Å²) in [7, 11) is -3.46. The smallest absolute Gasteiger partial charge is 0.243 e. The maximum absolute atomic E-state index is 12.7. The van der Waals surface area contributed by atoms with Crippen LogP contribution in [-0.4, -0.2) is 45.0 Å². The third-order valence-electron chi connectivity index (χ3n) is 3.25. The van der Waals surface area contributed by atoms with Crippen molar-refractivity contribution in [2.24, 2.45) is 0 Å². The molecule has 0 amide bonds. The zero-order valence-corrected chi connectivity index (χ0v) is 14.0. The Hall–Kier alpha value is -0.630. The van der Waals surface area contributed by atoms with Crippen LogP contribution in [0.1, 0.15) is 13.8 Å². The monoisotopic (exact) mass is 362 g/mol. The van der Waals surface area contributed by atoms with E-state index in [1.54, 1.807) is 22.5 Å². The van der Waals surface area contributed by atoms with Crippen LogP contribution in [0.3, 0.4) is 0 Å². The van der Waals surface area contributed by atoms with Gasteiger partial charge in [-0.1, -0.05) is 0 Å². The first-order valence-corrected chi connectivity index (χ1v) is 8.85. The predicted molar refractivity (Wildman–Crippen MR) is 81.5 cm³/mol. The number of ether oxygens (including phenoxy) is 1. The minimum Gasteiger partial charge on any atom is -0.493 e. The normalized spacial score (nSPS) is 20.9. The minimum atomic E-state index is -3.46. The number of hydrogen-bond acceptors (Lipinski definition) is 4. The molecule has 1 aliphatic heterocycles. The largest absolute Gasteiger partial charge is 0.493 e. The van der Waals surface area contributed by atoms with Crippen molar-refractivity contribution < 1.29 is 13.2 Å². The molecule has 0 aliphatic carbocycles. The Labute approximate surface area is 128 Å². The standard InChI is InChI=1S/C13H19BrN2O3S/c1-3-19-13-5-4-11(8-12(13)14)20(17,18)16-7-6-15-9-10(16)2/h4-5,8,10,15H,3,6-7,9H2,1-2H3. The van der Waals surface area contributed by atoms with E-state index < -0.39 is 10.0 Å². The molecule has 1 unspecified atom stereocenters. The van der Waals surface area contributed by atoms with E-state index >= 15 is 0 Å². The van der Waals surface area contributed by atoms with Crippen LogP contribution in [-0.2, 0) is 10.0 Å². The van der Waals surface area contributed by atoms with E-state index in [1.165, 1.54) is 0 Å². The molecular formula is C13H19BrN2O3S. The molecule has 7 heteroatoms. The molecule has 1 heterocycles. The Morgan fingerprint density at radius 2 is 2.25 bits per heavy atom. The van der Waals surface area contributed by atoms with Gasteiger partial charge in [-0.2, -0.15) is 4.31 Å². The molecule has 1 aromatic carbocycles. The lowest BCUT2D eigenvalue weighted by Gasteiger charge is -2.32. The molecule has 0 saturated carbocycles. The van der Waals surface area contributed by atoms with Crippen LogP contribution in [0, 0.1) is 0 Å². The van der Waals surface area contributed by atoms with Crippen LogP contribution in [0.25, 0.3) is 0 Å². The molecule has 1 atom stereocenters. The Morgan fingerprint density at radius 1 is 1.50 bits per heavy atom. The average molecular weight is 363 g/mol. The second-order valence-corrected chi connectivity index (χ2v) is 7.44. The van der Waals surface area contributed by atoms with Gasteiger partial charge in [-0.3, -0.25) is 0 Å². The van der Waals surface area contributed by atoms with Gasteiger partial charge in [0, 0.05) is 25.7 Å². The molecule has 1 aromatic rings. The molecule has 0 bridgehead atoms. The summed E-state index contributed by atoms with van der Waals surface area (Å²) in [5, 5.41) is 3.19. The Morgan fingerprint density at radius 3 is 2.85 bits per heavy atom. The van der Waals surface area contributed by atoms with Crippen LogP contribution in [0.2, 0.25) is 0 Å². The molecule has 20 heavy (non-hydrogen) atoms. The number of halogens is 1. The summed E-state index contributed by atoms with van der Waals surface area (Å²) in [6.07, 6.45) is 0. The van der Waals surface area contributed by atoms with Gasteiger partial charge in [0.05, 0.1) is 16.0 Å². The fraction of sp³-hybridized carbons (Fsp3) is 0.538. The third kappa shape index (κ3) is 3.16. The Kier molecular flexibility index (Phi) is 5.06. The van der Waals surface area contributed by atoms with Crippen LogP contribution < -0.4 is 10.1 Å². The number of benzene rings is 1. The van der Waals surface area contributed by atoms with Crippen molar-refractivity contribution >= 4 is 26.0 Å². The van der Waals surface area contributed by atoms with Gasteiger partial charge in [-0.05, 0) is 48.0 Å². The lowest BCUT2D eigenvalue weighted by atomic mass is 10.3. The van der Waals surface area contributed by atoms with Crippen LogP contribution in [0.4, 0.5) is 0 Å². The maximum atomic E-state index is 12.7. The van der Waals surface area contributed by atoms with Crippen LogP contribution >= 0.6 is 15.9 Å². The van der Waals surface area contributed by atoms with Crippen molar-refractivity contribution in [3.63, 3.8) is 0 Å². The molecule has 112 valence electrons. The van der Waals surface area contributed by atoms with Gasteiger partial charge in [-0.25, -0.2) is 8.42 Å². The molecule has 2 rings (SSSR count). The van der Waals surface area contributed by atoms with Gasteiger partial charge < -0.3 is 10.1 Å². The van der Waals surface area contributed by atoms with E-state index in [-0.39, 0.29) is 6.04 Å². The highest BCUT2D eigenvalue weighted by molar-refractivity contribution is 9.10. The van der Waals surface area contributed by atoms with E-state index in [9.17, 15) is 8.42 Å². The zero-order valence-electron chi connectivity index (χ0n) is 11.6. The van der Waals surface area contributed by atoms with E-state index in [2.05, 4.69) is 21.2 Å². The van der Waals surface area contributed by atoms with Crippen LogP contribution in [0.15, 0.2) is 27.6 Å². The lowest BCUT2D eigenvalue weighted by molar-refractivity contribution is 0.284. The van der Waals surface area contributed by atoms with Gasteiger partial charge in [0.25, 0.3) is 0 Å². The van der Waals surface area contributed by atoms with Crippen LogP contribution in [0.5, 0.6) is 5.75 Å². The number of hydrogen-bond donors (Lipinski definition) is 1. The fourth-order valence-corrected chi connectivity index (χ4v) is 4.53. The number of rotatable bonds is 4. The quantitative estimate of drug-likeness (QED) is 0.887. The molecule has 1 saturated heterocycles. The fourth-order valence-electron chi connectivity index (χ4n) is 2.23. The summed E-state index contributed by atoms with van der Waals surface area (Å²) in [5.74, 6) is 0.653. The maximum Gasteiger partial charge on any atom is 0.243 e. The van der Waals surface area contributed by atoms with Gasteiger partial charge in [0.2, 0.25) is 10.0 Å². The summed E-state index contributed by atoms with van der Waals surface area (Å²) in [5.41, 5.74) is 0. The van der Waals surface area contributed by atoms with Gasteiger partial charge in [0.15, 0.2) is 0 Å². The van der Waals surface area contributed by atoms with Gasteiger partial charge >= 0.3 is 0 Å². The summed E-state index contributed by atoms with van der Waals surface area (Å²) < 4.78 is 32.9. The Bertz CT molecular complexity index is 577.